The van der Waals surface area contributed by atoms with Crippen LogP contribution in [0.5, 0.6) is 0 Å². The fraction of sp³-hybridized carbons (Fsp3) is 0.462. The van der Waals surface area contributed by atoms with Crippen LogP contribution in [0.15, 0.2) is 24.3 Å². The molecule has 0 aliphatic rings. The molecule has 0 fully saturated rings. The number of carbonyl (C=O) groups is 1. The van der Waals surface area contributed by atoms with Gasteiger partial charge in [-0.05, 0) is 19.1 Å². The molecular formula is C13H20N2O2. The Balaban J connectivity index is 2.76. The van der Waals surface area contributed by atoms with Crippen LogP contribution < -0.4 is 5.73 Å². The minimum absolute atomic E-state index is 0.0104. The van der Waals surface area contributed by atoms with E-state index in [4.69, 9.17) is 10.5 Å². The summed E-state index contributed by atoms with van der Waals surface area (Å²) < 4.78 is 4.99. The molecule has 2 N–H and O–H groups in total. The van der Waals surface area contributed by atoms with E-state index < -0.39 is 0 Å². The summed E-state index contributed by atoms with van der Waals surface area (Å²) in [5, 5.41) is 0. The molecule has 0 bridgehead atoms. The molecule has 0 heterocycles. The van der Waals surface area contributed by atoms with Crippen molar-refractivity contribution in [1.82, 2.24) is 4.90 Å². The summed E-state index contributed by atoms with van der Waals surface area (Å²) in [7, 11) is 1.62. The van der Waals surface area contributed by atoms with Gasteiger partial charge < -0.3 is 15.4 Å². The minimum atomic E-state index is 0.0104. The predicted octanol–water partition coefficient (Wildman–Crippen LogP) is 1.04. The Morgan fingerprint density at radius 1 is 1.41 bits per heavy atom. The van der Waals surface area contributed by atoms with Gasteiger partial charge in [0.15, 0.2) is 0 Å². The highest BCUT2D eigenvalue weighted by Gasteiger charge is 2.14. The molecule has 1 rings (SSSR count). The number of hydrogen-bond donors (Lipinski definition) is 1. The van der Waals surface area contributed by atoms with Crippen molar-refractivity contribution in [2.75, 3.05) is 33.4 Å². The lowest BCUT2D eigenvalue weighted by atomic mass is 10.1. The zero-order valence-electron chi connectivity index (χ0n) is 10.5. The summed E-state index contributed by atoms with van der Waals surface area (Å²) in [5.41, 5.74) is 7.29. The van der Waals surface area contributed by atoms with Crippen LogP contribution in [-0.4, -0.2) is 44.2 Å². The molecule has 0 aromatic heterocycles. The van der Waals surface area contributed by atoms with Crippen molar-refractivity contribution in [3.05, 3.63) is 35.4 Å². The zero-order chi connectivity index (χ0) is 12.7. The van der Waals surface area contributed by atoms with E-state index in [1.54, 1.807) is 12.0 Å². The fourth-order valence-electron chi connectivity index (χ4n) is 1.63. The van der Waals surface area contributed by atoms with Gasteiger partial charge in [0, 0.05) is 32.3 Å². The number of aryl methyl sites for hydroxylation is 1. The molecule has 0 saturated heterocycles. The highest BCUT2D eigenvalue weighted by molar-refractivity contribution is 5.94. The van der Waals surface area contributed by atoms with Crippen molar-refractivity contribution in [3.8, 4) is 0 Å². The third kappa shape index (κ3) is 4.17. The maximum atomic E-state index is 12.2. The second kappa shape index (κ2) is 7.04. The Kier molecular flexibility index (Phi) is 5.66. The van der Waals surface area contributed by atoms with Crippen molar-refractivity contribution in [2.24, 2.45) is 5.73 Å². The first-order valence-corrected chi connectivity index (χ1v) is 5.74. The second-order valence-electron chi connectivity index (χ2n) is 3.94. The van der Waals surface area contributed by atoms with Crippen molar-refractivity contribution in [3.63, 3.8) is 0 Å². The fourth-order valence-corrected chi connectivity index (χ4v) is 1.63. The van der Waals surface area contributed by atoms with Gasteiger partial charge in [-0.15, -0.1) is 0 Å². The first-order chi connectivity index (χ1) is 8.19. The van der Waals surface area contributed by atoms with Gasteiger partial charge in [0.1, 0.15) is 0 Å². The lowest BCUT2D eigenvalue weighted by Crippen LogP contribution is -2.37. The average Bonchev–Trinajstić information content (AvgIpc) is 2.33. The first kappa shape index (κ1) is 13.7. The van der Waals surface area contributed by atoms with E-state index in [1.165, 1.54) is 0 Å². The Morgan fingerprint density at radius 2 is 2.18 bits per heavy atom. The van der Waals surface area contributed by atoms with Crippen LogP contribution >= 0.6 is 0 Å². The standard InChI is InChI=1S/C13H20N2O2/c1-11-4-3-5-12(10-11)13(16)15(7-6-14)8-9-17-2/h3-5,10H,6-9,14H2,1-2H3. The number of nitrogens with zero attached hydrogens (tertiary/aromatic N) is 1. The molecule has 94 valence electrons. The molecule has 1 aromatic carbocycles. The van der Waals surface area contributed by atoms with Gasteiger partial charge in [0.2, 0.25) is 0 Å². The summed E-state index contributed by atoms with van der Waals surface area (Å²) in [5.74, 6) is 0.0104. The van der Waals surface area contributed by atoms with E-state index in [9.17, 15) is 4.79 Å². The van der Waals surface area contributed by atoms with Crippen LogP contribution in [0.4, 0.5) is 0 Å². The van der Waals surface area contributed by atoms with Gasteiger partial charge >= 0.3 is 0 Å². The number of rotatable bonds is 6. The number of nitrogens with two attached hydrogens (primary N) is 1. The van der Waals surface area contributed by atoms with Gasteiger partial charge in [0.25, 0.3) is 5.91 Å². The van der Waals surface area contributed by atoms with E-state index in [-0.39, 0.29) is 5.91 Å². The molecule has 0 spiro atoms. The van der Waals surface area contributed by atoms with Crippen molar-refractivity contribution < 1.29 is 9.53 Å². The SMILES string of the molecule is COCCN(CCN)C(=O)c1cccc(C)c1. The number of benzene rings is 1. The number of amides is 1. The monoisotopic (exact) mass is 236 g/mol. The molecule has 0 atom stereocenters. The average molecular weight is 236 g/mol. The summed E-state index contributed by atoms with van der Waals surface area (Å²) in [6, 6.07) is 7.57. The largest absolute Gasteiger partial charge is 0.383 e. The quantitative estimate of drug-likeness (QED) is 0.803. The highest BCUT2D eigenvalue weighted by Crippen LogP contribution is 2.07. The molecule has 17 heavy (non-hydrogen) atoms. The molecule has 1 aromatic rings. The van der Waals surface area contributed by atoms with E-state index >= 15 is 0 Å². The van der Waals surface area contributed by atoms with Crippen LogP contribution in [0, 0.1) is 6.92 Å². The molecule has 0 aliphatic heterocycles. The van der Waals surface area contributed by atoms with E-state index in [0.717, 1.165) is 5.56 Å². The molecule has 4 nitrogen and oxygen atoms in total. The van der Waals surface area contributed by atoms with Gasteiger partial charge in [0.05, 0.1) is 6.61 Å². The van der Waals surface area contributed by atoms with Gasteiger partial charge in [-0.2, -0.15) is 0 Å². The second-order valence-corrected chi connectivity index (χ2v) is 3.94. The van der Waals surface area contributed by atoms with Gasteiger partial charge in [-0.1, -0.05) is 17.7 Å². The first-order valence-electron chi connectivity index (χ1n) is 5.74. The lowest BCUT2D eigenvalue weighted by molar-refractivity contribution is 0.0701. The molecule has 4 heteroatoms. The summed E-state index contributed by atoms with van der Waals surface area (Å²) >= 11 is 0. The van der Waals surface area contributed by atoms with E-state index in [0.29, 0.717) is 31.8 Å². The Hall–Kier alpha value is -1.39. The van der Waals surface area contributed by atoms with Crippen molar-refractivity contribution in [2.45, 2.75) is 6.92 Å². The van der Waals surface area contributed by atoms with Crippen LogP contribution in [0.1, 0.15) is 15.9 Å². The number of hydrogen-bond acceptors (Lipinski definition) is 3. The summed E-state index contributed by atoms with van der Waals surface area (Å²) in [6.45, 7) is 4.08. The van der Waals surface area contributed by atoms with Crippen molar-refractivity contribution >= 4 is 5.91 Å². The smallest absolute Gasteiger partial charge is 0.253 e. The van der Waals surface area contributed by atoms with Crippen LogP contribution in [0.3, 0.4) is 0 Å². The molecular weight excluding hydrogens is 216 g/mol. The summed E-state index contributed by atoms with van der Waals surface area (Å²) in [6.07, 6.45) is 0. The van der Waals surface area contributed by atoms with Crippen LogP contribution in [0.2, 0.25) is 0 Å². The Morgan fingerprint density at radius 3 is 2.76 bits per heavy atom. The maximum absolute atomic E-state index is 12.2. The van der Waals surface area contributed by atoms with Crippen LogP contribution in [-0.2, 0) is 4.74 Å². The third-order valence-corrected chi connectivity index (χ3v) is 2.52. The third-order valence-electron chi connectivity index (χ3n) is 2.52. The molecule has 0 aliphatic carbocycles. The molecule has 0 saturated carbocycles. The number of methoxy groups -OCH3 is 1. The van der Waals surface area contributed by atoms with Gasteiger partial charge in [-0.25, -0.2) is 0 Å². The van der Waals surface area contributed by atoms with Crippen molar-refractivity contribution in [1.29, 1.82) is 0 Å². The predicted molar refractivity (Wildman–Crippen MR) is 68.0 cm³/mol. The molecule has 0 unspecified atom stereocenters. The Labute approximate surface area is 102 Å². The molecule has 1 amide bonds. The van der Waals surface area contributed by atoms with Crippen LogP contribution in [0.25, 0.3) is 0 Å². The lowest BCUT2D eigenvalue weighted by Gasteiger charge is -2.21. The highest BCUT2D eigenvalue weighted by atomic mass is 16.5. The van der Waals surface area contributed by atoms with E-state index in [2.05, 4.69) is 0 Å². The maximum Gasteiger partial charge on any atom is 0.253 e. The number of carbonyl (C=O) groups excluding carboxylic acids is 1. The topological polar surface area (TPSA) is 55.6 Å². The normalized spacial score (nSPS) is 10.3. The Bertz CT molecular complexity index is 366. The zero-order valence-corrected chi connectivity index (χ0v) is 10.5. The minimum Gasteiger partial charge on any atom is -0.383 e. The number of ether oxygens (including phenoxy) is 1. The molecule has 0 radical (unpaired) electrons. The summed E-state index contributed by atoms with van der Waals surface area (Å²) in [4.78, 5) is 13.9. The van der Waals surface area contributed by atoms with Gasteiger partial charge in [-0.3, -0.25) is 4.79 Å². The van der Waals surface area contributed by atoms with E-state index in [1.807, 2.05) is 31.2 Å².